The lowest BCUT2D eigenvalue weighted by Crippen LogP contribution is -2.26. The fourth-order valence-electron chi connectivity index (χ4n) is 1.42. The Hall–Kier alpha value is -1.43. The maximum atomic E-state index is 11.5. The third kappa shape index (κ3) is 2.38. The fourth-order valence-corrected chi connectivity index (χ4v) is 1.42. The van der Waals surface area contributed by atoms with Crippen LogP contribution in [0.4, 0.5) is 0 Å². The summed E-state index contributed by atoms with van der Waals surface area (Å²) in [4.78, 5) is 15.6. The van der Waals surface area contributed by atoms with Crippen molar-refractivity contribution in [1.82, 2.24) is 20.8 Å². The van der Waals surface area contributed by atoms with Crippen LogP contribution in [0, 0.1) is 0 Å². The van der Waals surface area contributed by atoms with Crippen LogP contribution in [0.5, 0.6) is 0 Å². The van der Waals surface area contributed by atoms with Gasteiger partial charge in [0.15, 0.2) is 0 Å². The maximum absolute atomic E-state index is 11.5. The highest BCUT2D eigenvalue weighted by molar-refractivity contribution is 5.90. The molecule has 2 aliphatic carbocycles. The molecule has 1 aromatic rings. The molecule has 0 atom stereocenters. The van der Waals surface area contributed by atoms with Crippen molar-refractivity contribution < 1.29 is 9.32 Å². The average Bonchev–Trinajstić information content (AvgIpc) is 3.18. The number of carbonyl (C=O) groups excluding carboxylic acids is 1. The molecular formula is C10H14N4O2. The molecule has 2 N–H and O–H groups in total. The summed E-state index contributed by atoms with van der Waals surface area (Å²) in [5, 5.41) is 9.72. The quantitative estimate of drug-likeness (QED) is 0.744. The second-order valence-corrected chi connectivity index (χ2v) is 4.41. The van der Waals surface area contributed by atoms with Crippen LogP contribution in [-0.2, 0) is 6.54 Å². The van der Waals surface area contributed by atoms with E-state index in [4.69, 9.17) is 4.52 Å². The van der Waals surface area contributed by atoms with E-state index < -0.39 is 0 Å². The molecule has 1 amide bonds. The lowest BCUT2D eigenvalue weighted by Gasteiger charge is -1.96. The predicted octanol–water partition coefficient (Wildman–Crippen LogP) is 0.214. The van der Waals surface area contributed by atoms with Crippen molar-refractivity contribution in [3.63, 3.8) is 0 Å². The molecule has 1 aromatic heterocycles. The smallest absolute Gasteiger partial charge is 0.292 e. The minimum atomic E-state index is -0.232. The zero-order chi connectivity index (χ0) is 11.0. The van der Waals surface area contributed by atoms with Gasteiger partial charge in [0.2, 0.25) is 5.89 Å². The molecule has 0 saturated heterocycles. The average molecular weight is 222 g/mol. The molecule has 0 unspecified atom stereocenters. The minimum absolute atomic E-state index is 0.138. The summed E-state index contributed by atoms with van der Waals surface area (Å²) in [5.41, 5.74) is 0. The van der Waals surface area contributed by atoms with Crippen LogP contribution < -0.4 is 10.6 Å². The molecule has 16 heavy (non-hydrogen) atoms. The Morgan fingerprint density at radius 2 is 2.06 bits per heavy atom. The van der Waals surface area contributed by atoms with Gasteiger partial charge in [-0.05, 0) is 25.7 Å². The number of hydrogen-bond acceptors (Lipinski definition) is 5. The third-order valence-corrected chi connectivity index (χ3v) is 2.70. The second-order valence-electron chi connectivity index (χ2n) is 4.41. The number of nitrogens with one attached hydrogen (secondary N) is 2. The standard InChI is InChI=1S/C10H14N4O2/c15-10(12-7-3-4-7)9-13-8(16-14-9)5-11-6-1-2-6/h6-7,11H,1-5H2,(H,12,15). The minimum Gasteiger partial charge on any atom is -0.346 e. The van der Waals surface area contributed by atoms with E-state index in [1.807, 2.05) is 0 Å². The first-order valence-electron chi connectivity index (χ1n) is 5.68. The zero-order valence-corrected chi connectivity index (χ0v) is 8.90. The summed E-state index contributed by atoms with van der Waals surface area (Å²) < 4.78 is 4.98. The van der Waals surface area contributed by atoms with Gasteiger partial charge in [-0.25, -0.2) is 0 Å². The molecule has 2 fully saturated rings. The molecule has 0 aromatic carbocycles. The van der Waals surface area contributed by atoms with E-state index in [1.54, 1.807) is 0 Å². The normalized spacial score (nSPS) is 19.8. The Morgan fingerprint density at radius 3 is 2.75 bits per heavy atom. The molecular weight excluding hydrogens is 208 g/mol. The van der Waals surface area contributed by atoms with Crippen LogP contribution >= 0.6 is 0 Å². The van der Waals surface area contributed by atoms with E-state index in [-0.39, 0.29) is 11.7 Å². The monoisotopic (exact) mass is 222 g/mol. The van der Waals surface area contributed by atoms with Crippen molar-refractivity contribution in [3.8, 4) is 0 Å². The highest BCUT2D eigenvalue weighted by atomic mass is 16.5. The predicted molar refractivity (Wildman–Crippen MR) is 54.6 cm³/mol. The van der Waals surface area contributed by atoms with E-state index in [1.165, 1.54) is 12.8 Å². The summed E-state index contributed by atoms with van der Waals surface area (Å²) in [6.07, 6.45) is 4.53. The van der Waals surface area contributed by atoms with Crippen LogP contribution in [0.15, 0.2) is 4.52 Å². The van der Waals surface area contributed by atoms with Gasteiger partial charge in [0.05, 0.1) is 6.54 Å². The van der Waals surface area contributed by atoms with E-state index in [9.17, 15) is 4.79 Å². The second kappa shape index (κ2) is 3.86. The van der Waals surface area contributed by atoms with Gasteiger partial charge in [0, 0.05) is 12.1 Å². The Balaban J connectivity index is 1.54. The van der Waals surface area contributed by atoms with Crippen molar-refractivity contribution in [2.45, 2.75) is 44.3 Å². The van der Waals surface area contributed by atoms with Gasteiger partial charge < -0.3 is 15.2 Å². The Kier molecular flexibility index (Phi) is 2.36. The van der Waals surface area contributed by atoms with Gasteiger partial charge in [0.1, 0.15) is 0 Å². The summed E-state index contributed by atoms with van der Waals surface area (Å²) in [5.74, 6) is 0.385. The topological polar surface area (TPSA) is 80.0 Å². The highest BCUT2D eigenvalue weighted by Gasteiger charge is 2.26. The van der Waals surface area contributed by atoms with Crippen LogP contribution in [0.25, 0.3) is 0 Å². The van der Waals surface area contributed by atoms with Crippen LogP contribution in [0.1, 0.15) is 42.2 Å². The highest BCUT2D eigenvalue weighted by Crippen LogP contribution is 2.20. The maximum Gasteiger partial charge on any atom is 0.292 e. The van der Waals surface area contributed by atoms with Crippen LogP contribution in [0.2, 0.25) is 0 Å². The molecule has 2 aliphatic rings. The van der Waals surface area contributed by atoms with E-state index in [0.717, 1.165) is 12.8 Å². The summed E-state index contributed by atoms with van der Waals surface area (Å²) >= 11 is 0. The molecule has 2 saturated carbocycles. The van der Waals surface area contributed by atoms with E-state index >= 15 is 0 Å². The lowest BCUT2D eigenvalue weighted by molar-refractivity contribution is 0.0937. The number of amides is 1. The Morgan fingerprint density at radius 1 is 1.31 bits per heavy atom. The number of rotatable bonds is 5. The largest absolute Gasteiger partial charge is 0.346 e. The molecule has 6 nitrogen and oxygen atoms in total. The van der Waals surface area contributed by atoms with Gasteiger partial charge in [-0.2, -0.15) is 4.98 Å². The van der Waals surface area contributed by atoms with Gasteiger partial charge in [-0.1, -0.05) is 5.16 Å². The van der Waals surface area contributed by atoms with Crippen molar-refractivity contribution in [3.05, 3.63) is 11.7 Å². The van der Waals surface area contributed by atoms with Gasteiger partial charge in [-0.15, -0.1) is 0 Å². The van der Waals surface area contributed by atoms with Gasteiger partial charge in [-0.3, -0.25) is 4.79 Å². The molecule has 3 rings (SSSR count). The van der Waals surface area contributed by atoms with E-state index in [2.05, 4.69) is 20.8 Å². The van der Waals surface area contributed by atoms with Gasteiger partial charge in [0.25, 0.3) is 11.7 Å². The van der Waals surface area contributed by atoms with E-state index in [0.29, 0.717) is 24.5 Å². The van der Waals surface area contributed by atoms with Crippen LogP contribution in [0.3, 0.4) is 0 Å². The summed E-state index contributed by atoms with van der Waals surface area (Å²) in [6, 6.07) is 0.912. The Bertz CT molecular complexity index is 395. The molecule has 6 heteroatoms. The number of aromatic nitrogens is 2. The fraction of sp³-hybridized carbons (Fsp3) is 0.700. The number of hydrogen-bond donors (Lipinski definition) is 2. The molecule has 86 valence electrons. The zero-order valence-electron chi connectivity index (χ0n) is 8.90. The number of nitrogens with zero attached hydrogens (tertiary/aromatic N) is 2. The summed E-state index contributed by atoms with van der Waals surface area (Å²) in [6.45, 7) is 0.550. The van der Waals surface area contributed by atoms with Crippen molar-refractivity contribution >= 4 is 5.91 Å². The molecule has 0 bridgehead atoms. The first-order valence-corrected chi connectivity index (χ1v) is 5.68. The van der Waals surface area contributed by atoms with Crippen molar-refractivity contribution in [2.75, 3.05) is 0 Å². The molecule has 0 spiro atoms. The molecule has 1 heterocycles. The van der Waals surface area contributed by atoms with Crippen molar-refractivity contribution in [2.24, 2.45) is 0 Å². The van der Waals surface area contributed by atoms with Gasteiger partial charge >= 0.3 is 0 Å². The van der Waals surface area contributed by atoms with Crippen molar-refractivity contribution in [1.29, 1.82) is 0 Å². The number of carbonyl (C=O) groups is 1. The Labute approximate surface area is 92.8 Å². The third-order valence-electron chi connectivity index (χ3n) is 2.70. The molecule has 0 radical (unpaired) electrons. The lowest BCUT2D eigenvalue weighted by atomic mass is 10.5. The molecule has 0 aliphatic heterocycles. The SMILES string of the molecule is O=C(NC1CC1)c1noc(CNC2CC2)n1. The first-order chi connectivity index (χ1) is 7.81. The van der Waals surface area contributed by atoms with Crippen LogP contribution in [-0.4, -0.2) is 28.1 Å². The summed E-state index contributed by atoms with van der Waals surface area (Å²) in [7, 11) is 0. The first kappa shape index (κ1) is 9.77.